The molecule has 0 unspecified atom stereocenters. The van der Waals surface area contributed by atoms with E-state index >= 15 is 0 Å². The quantitative estimate of drug-likeness (QED) is 0.875. The van der Waals surface area contributed by atoms with Crippen molar-refractivity contribution in [1.29, 1.82) is 0 Å². The molecule has 2 rings (SSSR count). The van der Waals surface area contributed by atoms with Gasteiger partial charge in [-0.05, 0) is 37.7 Å². The summed E-state index contributed by atoms with van der Waals surface area (Å²) in [6.07, 6.45) is 6.10. The molecule has 0 spiro atoms. The van der Waals surface area contributed by atoms with Gasteiger partial charge in [0.05, 0.1) is 11.3 Å². The van der Waals surface area contributed by atoms with Gasteiger partial charge < -0.3 is 15.7 Å². The van der Waals surface area contributed by atoms with Crippen LogP contribution in [0.2, 0.25) is 0 Å². The number of rotatable bonds is 3. The fraction of sp³-hybridized carbons (Fsp3) is 0.571. The third-order valence-corrected chi connectivity index (χ3v) is 4.01. The van der Waals surface area contributed by atoms with Gasteiger partial charge in [-0.25, -0.2) is 9.78 Å². The van der Waals surface area contributed by atoms with Crippen LogP contribution in [0.15, 0.2) is 12.3 Å². The highest BCUT2D eigenvalue weighted by atomic mass is 16.4. The molecule has 1 heterocycles. The number of hydrogen-bond acceptors (Lipinski definition) is 4. The van der Waals surface area contributed by atoms with Crippen molar-refractivity contribution in [2.24, 2.45) is 5.92 Å². The first-order valence-electron chi connectivity index (χ1n) is 6.70. The number of nitrogen functional groups attached to an aromatic ring is 1. The molecule has 0 amide bonds. The van der Waals surface area contributed by atoms with Gasteiger partial charge in [-0.1, -0.05) is 6.92 Å². The van der Waals surface area contributed by atoms with Crippen molar-refractivity contribution < 1.29 is 9.90 Å². The van der Waals surface area contributed by atoms with Crippen LogP contribution in [0.3, 0.4) is 0 Å². The van der Waals surface area contributed by atoms with Crippen molar-refractivity contribution >= 4 is 17.5 Å². The van der Waals surface area contributed by atoms with Crippen LogP contribution in [0.1, 0.15) is 43.0 Å². The lowest BCUT2D eigenvalue weighted by atomic mass is 9.87. The number of nitrogens with two attached hydrogens (primary N) is 1. The Hall–Kier alpha value is -1.78. The molecule has 1 aromatic rings. The average molecular weight is 263 g/mol. The third kappa shape index (κ3) is 2.97. The molecule has 0 saturated heterocycles. The van der Waals surface area contributed by atoms with Crippen molar-refractivity contribution in [2.45, 2.75) is 38.6 Å². The summed E-state index contributed by atoms with van der Waals surface area (Å²) in [5, 5.41) is 8.91. The molecule has 19 heavy (non-hydrogen) atoms. The van der Waals surface area contributed by atoms with Gasteiger partial charge in [0.25, 0.3) is 0 Å². The smallest absolute Gasteiger partial charge is 0.337 e. The van der Waals surface area contributed by atoms with Gasteiger partial charge >= 0.3 is 5.97 Å². The highest BCUT2D eigenvalue weighted by Gasteiger charge is 2.24. The second kappa shape index (κ2) is 5.47. The van der Waals surface area contributed by atoms with E-state index in [-0.39, 0.29) is 5.56 Å². The maximum atomic E-state index is 10.9. The molecule has 0 bridgehead atoms. The van der Waals surface area contributed by atoms with Crippen molar-refractivity contribution in [2.75, 3.05) is 17.7 Å². The maximum Gasteiger partial charge on any atom is 0.337 e. The first-order chi connectivity index (χ1) is 8.99. The highest BCUT2D eigenvalue weighted by molar-refractivity contribution is 5.89. The number of nitrogens with zero attached hydrogens (tertiary/aromatic N) is 2. The summed E-state index contributed by atoms with van der Waals surface area (Å²) in [7, 11) is 1.99. The Bertz CT molecular complexity index is 468. The second-order valence-electron chi connectivity index (χ2n) is 5.47. The fourth-order valence-electron chi connectivity index (χ4n) is 2.69. The minimum atomic E-state index is -1.00. The number of aromatic nitrogens is 1. The summed E-state index contributed by atoms with van der Waals surface area (Å²) in [4.78, 5) is 17.2. The Labute approximate surface area is 113 Å². The van der Waals surface area contributed by atoms with E-state index in [1.807, 2.05) is 7.05 Å². The van der Waals surface area contributed by atoms with Crippen LogP contribution < -0.4 is 10.6 Å². The largest absolute Gasteiger partial charge is 0.478 e. The summed E-state index contributed by atoms with van der Waals surface area (Å²) in [6.45, 7) is 2.28. The van der Waals surface area contributed by atoms with Crippen LogP contribution in [0.4, 0.5) is 11.5 Å². The number of pyridine rings is 1. The van der Waals surface area contributed by atoms with Gasteiger partial charge in [-0.3, -0.25) is 0 Å². The van der Waals surface area contributed by atoms with Gasteiger partial charge in [0.1, 0.15) is 0 Å². The van der Waals surface area contributed by atoms with Crippen molar-refractivity contribution in [1.82, 2.24) is 4.98 Å². The molecular weight excluding hydrogens is 242 g/mol. The molecule has 1 saturated carbocycles. The Balaban J connectivity index is 2.15. The molecule has 1 aromatic heterocycles. The zero-order valence-electron chi connectivity index (χ0n) is 11.5. The molecule has 1 fully saturated rings. The number of carbonyl (C=O) groups is 1. The number of carboxylic acid groups (broad SMARTS) is 1. The minimum Gasteiger partial charge on any atom is -0.478 e. The van der Waals surface area contributed by atoms with Crippen molar-refractivity contribution in [3.05, 3.63) is 17.8 Å². The first kappa shape index (κ1) is 13.6. The van der Waals surface area contributed by atoms with E-state index < -0.39 is 5.97 Å². The summed E-state index contributed by atoms with van der Waals surface area (Å²) in [5.74, 6) is 0.480. The lowest BCUT2D eigenvalue weighted by Crippen LogP contribution is -2.35. The Morgan fingerprint density at radius 3 is 2.58 bits per heavy atom. The predicted octanol–water partition coefficient (Wildman–Crippen LogP) is 2.38. The van der Waals surface area contributed by atoms with Crippen molar-refractivity contribution in [3.63, 3.8) is 0 Å². The van der Waals surface area contributed by atoms with Gasteiger partial charge in [-0.2, -0.15) is 0 Å². The van der Waals surface area contributed by atoms with Crippen LogP contribution in [-0.2, 0) is 0 Å². The monoisotopic (exact) mass is 263 g/mol. The lowest BCUT2D eigenvalue weighted by molar-refractivity contribution is 0.0696. The molecule has 0 aromatic carbocycles. The molecule has 5 heteroatoms. The average Bonchev–Trinajstić information content (AvgIpc) is 2.38. The first-order valence-corrected chi connectivity index (χ1v) is 6.70. The highest BCUT2D eigenvalue weighted by Crippen LogP contribution is 2.30. The molecule has 5 nitrogen and oxygen atoms in total. The molecule has 0 atom stereocenters. The number of carboxylic acids is 1. The summed E-state index contributed by atoms with van der Waals surface area (Å²) < 4.78 is 0. The van der Waals surface area contributed by atoms with E-state index in [9.17, 15) is 4.79 Å². The van der Waals surface area contributed by atoms with Crippen molar-refractivity contribution in [3.8, 4) is 0 Å². The Morgan fingerprint density at radius 2 is 2.05 bits per heavy atom. The SMILES string of the molecule is CC1CCC(N(C)c2ncc(C(=O)O)cc2N)CC1. The van der Waals surface area contributed by atoms with E-state index in [2.05, 4.69) is 16.8 Å². The molecule has 0 aliphatic heterocycles. The molecule has 0 radical (unpaired) electrons. The molecule has 104 valence electrons. The van der Waals surface area contributed by atoms with Crippen LogP contribution in [-0.4, -0.2) is 29.1 Å². The number of anilines is 2. The maximum absolute atomic E-state index is 10.9. The second-order valence-corrected chi connectivity index (χ2v) is 5.47. The van der Waals surface area contributed by atoms with E-state index in [1.165, 1.54) is 25.1 Å². The van der Waals surface area contributed by atoms with E-state index in [0.717, 1.165) is 18.8 Å². The van der Waals surface area contributed by atoms with Gasteiger partial charge in [-0.15, -0.1) is 0 Å². The summed E-state index contributed by atoms with van der Waals surface area (Å²) in [5.41, 5.74) is 6.49. The van der Waals surface area contributed by atoms with E-state index in [1.54, 1.807) is 0 Å². The normalized spacial score (nSPS) is 23.1. The zero-order chi connectivity index (χ0) is 14.0. The number of aromatic carboxylic acids is 1. The van der Waals surface area contributed by atoms with Gasteiger partial charge in [0.15, 0.2) is 5.82 Å². The predicted molar refractivity (Wildman–Crippen MR) is 75.4 cm³/mol. The van der Waals surface area contributed by atoms with E-state index in [0.29, 0.717) is 17.5 Å². The Morgan fingerprint density at radius 1 is 1.42 bits per heavy atom. The minimum absolute atomic E-state index is 0.131. The number of hydrogen-bond donors (Lipinski definition) is 2. The van der Waals surface area contributed by atoms with E-state index in [4.69, 9.17) is 10.8 Å². The van der Waals surface area contributed by atoms with Crippen LogP contribution >= 0.6 is 0 Å². The standard InChI is InChI=1S/C14H21N3O2/c1-9-3-5-11(6-4-9)17(2)13-12(15)7-10(8-16-13)14(18)19/h7-9,11H,3-6,15H2,1-2H3,(H,18,19). The zero-order valence-corrected chi connectivity index (χ0v) is 11.5. The van der Waals surface area contributed by atoms with Gasteiger partial charge in [0, 0.05) is 19.3 Å². The summed E-state index contributed by atoms with van der Waals surface area (Å²) in [6, 6.07) is 1.92. The van der Waals surface area contributed by atoms with Crippen LogP contribution in [0, 0.1) is 5.92 Å². The molecular formula is C14H21N3O2. The Kier molecular flexibility index (Phi) is 3.93. The molecule has 3 N–H and O–H groups in total. The van der Waals surface area contributed by atoms with Gasteiger partial charge in [0.2, 0.25) is 0 Å². The summed E-state index contributed by atoms with van der Waals surface area (Å²) >= 11 is 0. The van der Waals surface area contributed by atoms with Crippen LogP contribution in [0.25, 0.3) is 0 Å². The molecule has 1 aliphatic carbocycles. The fourth-order valence-corrected chi connectivity index (χ4v) is 2.69. The molecule has 1 aliphatic rings. The topological polar surface area (TPSA) is 79.5 Å². The van der Waals surface area contributed by atoms with Crippen LogP contribution in [0.5, 0.6) is 0 Å². The third-order valence-electron chi connectivity index (χ3n) is 4.01. The lowest BCUT2D eigenvalue weighted by Gasteiger charge is -2.34.